The second kappa shape index (κ2) is 11.6. The molecule has 0 saturated carbocycles. The number of nitrogens with one attached hydrogen (secondary N) is 1. The summed E-state index contributed by atoms with van der Waals surface area (Å²) in [6.45, 7) is 1.66. The normalized spacial score (nSPS) is 11.8. The van der Waals surface area contributed by atoms with Crippen molar-refractivity contribution in [3.63, 3.8) is 0 Å². The van der Waals surface area contributed by atoms with Gasteiger partial charge < -0.3 is 14.0 Å². The van der Waals surface area contributed by atoms with Crippen molar-refractivity contribution < 1.29 is 36.7 Å². The molecule has 0 aliphatic heterocycles. The highest BCUT2D eigenvalue weighted by Crippen LogP contribution is 2.21. The summed E-state index contributed by atoms with van der Waals surface area (Å²) in [5, 5.41) is 0. The Morgan fingerprint density at radius 3 is 2.46 bits per heavy atom. The number of fused-ring (bicyclic) bond motifs is 1. The molecule has 0 bridgehead atoms. The SMILES string of the molecule is CCOC(=O)c1ccc2c(c1)sc(=NC(=O)c1cccc(NS(=O)(=O)c3ccc(F)cc3)c1)n2CC(=O)OC. The van der Waals surface area contributed by atoms with Crippen LogP contribution in [0.1, 0.15) is 27.6 Å². The number of sulfonamides is 1. The molecule has 0 spiro atoms. The maximum Gasteiger partial charge on any atom is 0.338 e. The molecule has 0 atom stereocenters. The number of rotatable bonds is 8. The number of carbonyl (C=O) groups is 3. The van der Waals surface area contributed by atoms with Gasteiger partial charge in [-0.15, -0.1) is 0 Å². The van der Waals surface area contributed by atoms with E-state index in [4.69, 9.17) is 9.47 Å². The highest BCUT2D eigenvalue weighted by atomic mass is 32.2. The van der Waals surface area contributed by atoms with Crippen molar-refractivity contribution in [3.05, 3.63) is 88.5 Å². The van der Waals surface area contributed by atoms with E-state index in [0.29, 0.717) is 15.8 Å². The van der Waals surface area contributed by atoms with Crippen LogP contribution in [0.15, 0.2) is 76.6 Å². The topological polar surface area (TPSA) is 133 Å². The van der Waals surface area contributed by atoms with E-state index in [9.17, 15) is 27.2 Å². The van der Waals surface area contributed by atoms with Crippen LogP contribution in [0.4, 0.5) is 10.1 Å². The number of thiazole rings is 1. The van der Waals surface area contributed by atoms with Crippen molar-refractivity contribution in [1.82, 2.24) is 4.57 Å². The van der Waals surface area contributed by atoms with Crippen LogP contribution in [0.25, 0.3) is 10.2 Å². The lowest BCUT2D eigenvalue weighted by molar-refractivity contribution is -0.141. The molecule has 13 heteroatoms. The molecule has 4 rings (SSSR count). The van der Waals surface area contributed by atoms with Crippen molar-refractivity contribution in [2.24, 2.45) is 4.99 Å². The molecule has 202 valence electrons. The second-order valence-electron chi connectivity index (χ2n) is 8.01. The molecule has 0 radical (unpaired) electrons. The summed E-state index contributed by atoms with van der Waals surface area (Å²) in [5.74, 6) is -2.36. The van der Waals surface area contributed by atoms with E-state index in [1.165, 1.54) is 35.9 Å². The molecule has 0 saturated heterocycles. The van der Waals surface area contributed by atoms with Gasteiger partial charge in [0, 0.05) is 11.3 Å². The molecule has 39 heavy (non-hydrogen) atoms. The number of benzene rings is 3. The number of anilines is 1. The fraction of sp³-hybridized carbons (Fsp3) is 0.154. The van der Waals surface area contributed by atoms with E-state index in [1.807, 2.05) is 0 Å². The molecule has 1 heterocycles. The highest BCUT2D eigenvalue weighted by Gasteiger charge is 2.17. The van der Waals surface area contributed by atoms with Crippen LogP contribution >= 0.6 is 11.3 Å². The molecular formula is C26H22FN3O7S2. The number of amides is 1. The Hall–Kier alpha value is -4.36. The maximum absolute atomic E-state index is 13.2. The van der Waals surface area contributed by atoms with Crippen molar-refractivity contribution in [1.29, 1.82) is 0 Å². The number of halogens is 1. The first-order chi connectivity index (χ1) is 18.6. The predicted octanol–water partition coefficient (Wildman–Crippen LogP) is 3.73. The van der Waals surface area contributed by atoms with Crippen molar-refractivity contribution in [2.45, 2.75) is 18.4 Å². The van der Waals surface area contributed by atoms with Crippen molar-refractivity contribution >= 4 is 55.1 Å². The second-order valence-corrected chi connectivity index (χ2v) is 10.7. The zero-order chi connectivity index (χ0) is 28.2. The third-order valence-corrected chi connectivity index (χ3v) is 7.83. The minimum atomic E-state index is -4.04. The Morgan fingerprint density at radius 1 is 1.03 bits per heavy atom. The Bertz CT molecular complexity index is 1740. The third-order valence-electron chi connectivity index (χ3n) is 5.39. The Morgan fingerprint density at radius 2 is 1.77 bits per heavy atom. The van der Waals surface area contributed by atoms with E-state index in [0.717, 1.165) is 35.6 Å². The van der Waals surface area contributed by atoms with E-state index in [2.05, 4.69) is 9.71 Å². The van der Waals surface area contributed by atoms with Crippen LogP contribution in [0.3, 0.4) is 0 Å². The van der Waals surface area contributed by atoms with Gasteiger partial charge in [-0.25, -0.2) is 17.6 Å². The summed E-state index contributed by atoms with van der Waals surface area (Å²) in [7, 11) is -2.80. The minimum absolute atomic E-state index is 0.0728. The van der Waals surface area contributed by atoms with Crippen molar-refractivity contribution in [3.8, 4) is 0 Å². The molecular weight excluding hydrogens is 549 g/mol. The summed E-state index contributed by atoms with van der Waals surface area (Å²) in [6.07, 6.45) is 0. The monoisotopic (exact) mass is 571 g/mol. The first kappa shape index (κ1) is 27.7. The van der Waals surface area contributed by atoms with Crippen LogP contribution in [-0.4, -0.2) is 44.5 Å². The fourth-order valence-corrected chi connectivity index (χ4v) is 5.66. The molecule has 1 amide bonds. The molecule has 0 aliphatic carbocycles. The predicted molar refractivity (Wildman–Crippen MR) is 141 cm³/mol. The maximum atomic E-state index is 13.2. The number of hydrogen-bond donors (Lipinski definition) is 1. The van der Waals surface area contributed by atoms with Gasteiger partial charge in [-0.05, 0) is 67.6 Å². The van der Waals surface area contributed by atoms with Crippen molar-refractivity contribution in [2.75, 3.05) is 18.4 Å². The molecule has 4 aromatic rings. The smallest absolute Gasteiger partial charge is 0.338 e. The number of aromatic nitrogens is 1. The van der Waals surface area contributed by atoms with Gasteiger partial charge in [0.1, 0.15) is 12.4 Å². The standard InChI is InChI=1S/C26H22FN3O7S2/c1-3-37-25(33)17-7-12-21-22(14-17)38-26(30(21)15-23(31)36-2)28-24(32)16-5-4-6-19(13-16)29-39(34,35)20-10-8-18(27)9-11-20/h4-14,29H,3,15H2,1-2H3. The van der Waals surface area contributed by atoms with Gasteiger partial charge in [0.05, 0.1) is 34.4 Å². The van der Waals surface area contributed by atoms with Crippen LogP contribution in [0.5, 0.6) is 0 Å². The Balaban J connectivity index is 1.70. The average molecular weight is 572 g/mol. The number of methoxy groups -OCH3 is 1. The number of nitrogens with zero attached hydrogens (tertiary/aromatic N) is 2. The summed E-state index contributed by atoms with van der Waals surface area (Å²) in [6, 6.07) is 14.7. The first-order valence-corrected chi connectivity index (χ1v) is 13.8. The minimum Gasteiger partial charge on any atom is -0.468 e. The van der Waals surface area contributed by atoms with Crippen LogP contribution in [-0.2, 0) is 30.8 Å². The molecule has 0 aliphatic rings. The number of hydrogen-bond acceptors (Lipinski definition) is 8. The quantitative estimate of drug-likeness (QED) is 0.319. The van der Waals surface area contributed by atoms with Gasteiger partial charge in [-0.1, -0.05) is 17.4 Å². The fourth-order valence-electron chi connectivity index (χ4n) is 3.54. The lowest BCUT2D eigenvalue weighted by Gasteiger charge is -2.09. The van der Waals surface area contributed by atoms with Gasteiger partial charge in [0.15, 0.2) is 4.80 Å². The highest BCUT2D eigenvalue weighted by molar-refractivity contribution is 7.92. The molecule has 1 N–H and O–H groups in total. The zero-order valence-electron chi connectivity index (χ0n) is 20.7. The van der Waals surface area contributed by atoms with E-state index in [1.54, 1.807) is 25.1 Å². The number of carbonyl (C=O) groups excluding carboxylic acids is 3. The Labute approximate surface area is 226 Å². The molecule has 0 unspecified atom stereocenters. The zero-order valence-corrected chi connectivity index (χ0v) is 22.3. The largest absolute Gasteiger partial charge is 0.468 e. The van der Waals surface area contributed by atoms with Crippen LogP contribution in [0.2, 0.25) is 0 Å². The Kier molecular flexibility index (Phi) is 8.21. The van der Waals surface area contributed by atoms with Gasteiger partial charge >= 0.3 is 11.9 Å². The van der Waals surface area contributed by atoms with E-state index >= 15 is 0 Å². The third kappa shape index (κ3) is 6.38. The molecule has 1 aromatic heterocycles. The van der Waals surface area contributed by atoms with Gasteiger partial charge in [-0.2, -0.15) is 4.99 Å². The molecule has 10 nitrogen and oxygen atoms in total. The van der Waals surface area contributed by atoms with E-state index in [-0.39, 0.29) is 34.1 Å². The average Bonchev–Trinajstić information content (AvgIpc) is 3.24. The summed E-state index contributed by atoms with van der Waals surface area (Å²) in [4.78, 5) is 41.5. The van der Waals surface area contributed by atoms with E-state index < -0.39 is 33.7 Å². The van der Waals surface area contributed by atoms with Gasteiger partial charge in [0.25, 0.3) is 15.9 Å². The lowest BCUT2D eigenvalue weighted by atomic mass is 10.2. The first-order valence-electron chi connectivity index (χ1n) is 11.5. The molecule has 0 fully saturated rings. The number of esters is 2. The van der Waals surface area contributed by atoms with Crippen LogP contribution < -0.4 is 9.52 Å². The summed E-state index contributed by atoms with van der Waals surface area (Å²) >= 11 is 1.08. The molecule has 3 aromatic carbocycles. The van der Waals surface area contributed by atoms with Crippen LogP contribution in [0, 0.1) is 5.82 Å². The van der Waals surface area contributed by atoms with Gasteiger partial charge in [0.2, 0.25) is 0 Å². The summed E-state index contributed by atoms with van der Waals surface area (Å²) < 4.78 is 52.7. The number of ether oxygens (including phenoxy) is 2. The lowest BCUT2D eigenvalue weighted by Crippen LogP contribution is -2.22. The summed E-state index contributed by atoms with van der Waals surface area (Å²) in [5.41, 5.74) is 1.02. The van der Waals surface area contributed by atoms with Gasteiger partial charge in [-0.3, -0.25) is 14.3 Å².